The average Bonchev–Trinajstić information content (AvgIpc) is 3.14. The van der Waals surface area contributed by atoms with E-state index in [4.69, 9.17) is 0 Å². The third-order valence-electron chi connectivity index (χ3n) is 5.33. The molecular formula is C27H22N2. The van der Waals surface area contributed by atoms with E-state index in [-0.39, 0.29) is 6.04 Å². The molecule has 0 bridgehead atoms. The van der Waals surface area contributed by atoms with Crippen LogP contribution in [0.2, 0.25) is 0 Å². The van der Waals surface area contributed by atoms with Crippen molar-refractivity contribution in [2.75, 3.05) is 0 Å². The third-order valence-corrected chi connectivity index (χ3v) is 5.33. The van der Waals surface area contributed by atoms with E-state index in [0.717, 1.165) is 6.54 Å². The summed E-state index contributed by atoms with van der Waals surface area (Å²) < 4.78 is 4.51. The third kappa shape index (κ3) is 3.45. The predicted octanol–water partition coefficient (Wildman–Crippen LogP) is 5.41. The number of para-hydroxylation sites is 2. The molecule has 0 saturated heterocycles. The molecule has 0 N–H and O–H groups in total. The van der Waals surface area contributed by atoms with Crippen molar-refractivity contribution < 1.29 is 4.57 Å². The molecule has 0 unspecified atom stereocenters. The lowest BCUT2D eigenvalue weighted by Crippen LogP contribution is -2.33. The van der Waals surface area contributed by atoms with E-state index < -0.39 is 0 Å². The van der Waals surface area contributed by atoms with Crippen LogP contribution < -0.4 is 4.57 Å². The second kappa shape index (κ2) is 7.76. The molecule has 4 aromatic carbocycles. The van der Waals surface area contributed by atoms with Gasteiger partial charge < -0.3 is 9.13 Å². The number of imidazole rings is 1. The molecule has 140 valence electrons. The van der Waals surface area contributed by atoms with E-state index in [1.807, 2.05) is 0 Å². The summed E-state index contributed by atoms with van der Waals surface area (Å²) in [4.78, 5) is 0. The van der Waals surface area contributed by atoms with Gasteiger partial charge in [-0.25, -0.2) is 0 Å². The van der Waals surface area contributed by atoms with Crippen LogP contribution in [0.25, 0.3) is 11.0 Å². The highest BCUT2D eigenvalue weighted by atomic mass is 15.2. The van der Waals surface area contributed by atoms with Crippen molar-refractivity contribution in [3.05, 3.63) is 138 Å². The summed E-state index contributed by atoms with van der Waals surface area (Å²) in [5, 5.41) is 0. The molecule has 5 aromatic rings. The highest BCUT2D eigenvalue weighted by Gasteiger charge is 2.20. The number of aromatic nitrogens is 2. The van der Waals surface area contributed by atoms with Crippen LogP contribution in [0.1, 0.15) is 22.7 Å². The number of rotatable bonds is 5. The fourth-order valence-corrected chi connectivity index (χ4v) is 3.98. The summed E-state index contributed by atoms with van der Waals surface area (Å²) in [7, 11) is 0. The first-order valence-electron chi connectivity index (χ1n) is 9.96. The van der Waals surface area contributed by atoms with Crippen molar-refractivity contribution in [3.63, 3.8) is 0 Å². The Hall–Kier alpha value is -3.65. The first-order chi connectivity index (χ1) is 14.4. The smallest absolute Gasteiger partial charge is 0.205 e. The molecule has 1 aromatic heterocycles. The van der Waals surface area contributed by atoms with E-state index in [1.165, 1.54) is 27.7 Å². The summed E-state index contributed by atoms with van der Waals surface area (Å²) in [6, 6.07) is 40.5. The van der Waals surface area contributed by atoms with Crippen molar-refractivity contribution in [2.45, 2.75) is 12.6 Å². The Morgan fingerprint density at radius 3 is 1.76 bits per heavy atom. The van der Waals surface area contributed by atoms with Gasteiger partial charge in [0.25, 0.3) is 0 Å². The number of hydrogen-bond acceptors (Lipinski definition) is 0. The lowest BCUT2D eigenvalue weighted by atomic mass is 9.98. The fourth-order valence-electron chi connectivity index (χ4n) is 3.98. The lowest BCUT2D eigenvalue weighted by Gasteiger charge is -2.19. The molecule has 0 fully saturated rings. The molecule has 2 heteroatoms. The van der Waals surface area contributed by atoms with Crippen LogP contribution in [0.15, 0.2) is 115 Å². The minimum atomic E-state index is 0.0688. The monoisotopic (exact) mass is 374 g/mol. The summed E-state index contributed by atoms with van der Waals surface area (Å²) in [6.07, 6.45) is 3.67. The van der Waals surface area contributed by atoms with Crippen LogP contribution in [0.4, 0.5) is 0 Å². The standard InChI is InChI=1S/C27H22N2/c1-4-12-22(13-5-1)20-28-21-29(26-19-11-10-18-25(26)28)27(23-14-6-2-7-15-23)24-16-8-3-9-17-24/h1-19,27H,20H2. The van der Waals surface area contributed by atoms with Gasteiger partial charge in [-0.05, 0) is 16.7 Å². The van der Waals surface area contributed by atoms with E-state index in [2.05, 4.69) is 131 Å². The zero-order chi connectivity index (χ0) is 19.5. The molecule has 0 aliphatic carbocycles. The number of nitrogens with zero attached hydrogens (tertiary/aromatic N) is 2. The minimum absolute atomic E-state index is 0.0688. The van der Waals surface area contributed by atoms with E-state index in [1.54, 1.807) is 0 Å². The number of hydrogen-bond donors (Lipinski definition) is 0. The zero-order valence-electron chi connectivity index (χ0n) is 16.1. The number of benzene rings is 4. The van der Waals surface area contributed by atoms with Gasteiger partial charge in [0.05, 0.1) is 6.54 Å². The van der Waals surface area contributed by atoms with Crippen LogP contribution in [0, 0.1) is 6.33 Å². The molecule has 5 rings (SSSR count). The topological polar surface area (TPSA) is 8.81 Å². The molecule has 1 heterocycles. The van der Waals surface area contributed by atoms with Crippen LogP contribution in [-0.2, 0) is 6.54 Å². The summed E-state index contributed by atoms with van der Waals surface area (Å²) in [6.45, 7) is 0.796. The molecule has 29 heavy (non-hydrogen) atoms. The van der Waals surface area contributed by atoms with Crippen molar-refractivity contribution >= 4 is 11.0 Å². The van der Waals surface area contributed by atoms with Crippen LogP contribution in [-0.4, -0.2) is 4.57 Å². The minimum Gasteiger partial charge on any atom is -0.340 e. The van der Waals surface area contributed by atoms with Gasteiger partial charge in [-0.15, -0.1) is 0 Å². The van der Waals surface area contributed by atoms with E-state index in [0.29, 0.717) is 0 Å². The SMILES string of the molecule is [c-]1n(C(c2ccccc2)c2ccccc2)c2ccccc2[n+]1Cc1ccccc1. The molecule has 0 aliphatic heterocycles. The molecule has 0 atom stereocenters. The molecule has 0 radical (unpaired) electrons. The maximum Gasteiger partial charge on any atom is 0.205 e. The quantitative estimate of drug-likeness (QED) is 0.287. The Bertz CT molecular complexity index is 1170. The Morgan fingerprint density at radius 1 is 0.621 bits per heavy atom. The van der Waals surface area contributed by atoms with Crippen molar-refractivity contribution in [1.82, 2.24) is 4.57 Å². The van der Waals surface area contributed by atoms with Gasteiger partial charge in [-0.3, -0.25) is 0 Å². The molecule has 0 saturated carbocycles. The van der Waals surface area contributed by atoms with Crippen LogP contribution in [0.3, 0.4) is 0 Å². The normalized spacial score (nSPS) is 11.2. The van der Waals surface area contributed by atoms with Crippen LogP contribution >= 0.6 is 0 Å². The second-order valence-electron chi connectivity index (χ2n) is 7.25. The molecular weight excluding hydrogens is 352 g/mol. The lowest BCUT2D eigenvalue weighted by molar-refractivity contribution is -0.667. The number of fused-ring (bicyclic) bond motifs is 1. The Kier molecular flexibility index (Phi) is 4.67. The maximum absolute atomic E-state index is 3.67. The second-order valence-corrected chi connectivity index (χ2v) is 7.25. The summed E-state index contributed by atoms with van der Waals surface area (Å²) in [5.74, 6) is 0. The first-order valence-corrected chi connectivity index (χ1v) is 9.96. The van der Waals surface area contributed by atoms with Gasteiger partial charge in [-0.1, -0.05) is 115 Å². The van der Waals surface area contributed by atoms with Gasteiger partial charge in [0.15, 0.2) is 0 Å². The van der Waals surface area contributed by atoms with Gasteiger partial charge in [-0.2, -0.15) is 0 Å². The molecule has 0 amide bonds. The first kappa shape index (κ1) is 17.4. The predicted molar refractivity (Wildman–Crippen MR) is 117 cm³/mol. The highest BCUT2D eigenvalue weighted by Crippen LogP contribution is 2.29. The maximum atomic E-state index is 3.67. The molecule has 0 spiro atoms. The Balaban J connectivity index is 1.70. The van der Waals surface area contributed by atoms with E-state index >= 15 is 0 Å². The van der Waals surface area contributed by atoms with Crippen molar-refractivity contribution in [2.24, 2.45) is 0 Å². The largest absolute Gasteiger partial charge is 0.340 e. The van der Waals surface area contributed by atoms with Gasteiger partial charge in [0, 0.05) is 11.0 Å². The Morgan fingerprint density at radius 2 is 1.14 bits per heavy atom. The summed E-state index contributed by atoms with van der Waals surface area (Å²) >= 11 is 0. The Labute approximate surface area is 171 Å². The van der Waals surface area contributed by atoms with Gasteiger partial charge in [0.1, 0.15) is 6.04 Å². The fraction of sp³-hybridized carbons (Fsp3) is 0.0741. The van der Waals surface area contributed by atoms with E-state index in [9.17, 15) is 0 Å². The molecule has 2 nitrogen and oxygen atoms in total. The summed E-state index contributed by atoms with van der Waals surface area (Å²) in [5.41, 5.74) is 6.15. The van der Waals surface area contributed by atoms with Crippen molar-refractivity contribution in [3.8, 4) is 0 Å². The molecule has 0 aliphatic rings. The average molecular weight is 374 g/mol. The highest BCUT2D eigenvalue weighted by molar-refractivity contribution is 5.72. The van der Waals surface area contributed by atoms with Crippen LogP contribution in [0.5, 0.6) is 0 Å². The van der Waals surface area contributed by atoms with Gasteiger partial charge >= 0.3 is 0 Å². The zero-order valence-corrected chi connectivity index (χ0v) is 16.1. The van der Waals surface area contributed by atoms with Crippen molar-refractivity contribution in [1.29, 1.82) is 0 Å². The van der Waals surface area contributed by atoms with Gasteiger partial charge in [0.2, 0.25) is 6.33 Å².